The normalized spacial score (nSPS) is 14.4. The Kier molecular flexibility index (Phi) is 2.57. The molecule has 0 saturated heterocycles. The maximum absolute atomic E-state index is 5.15. The van der Waals surface area contributed by atoms with Crippen LogP contribution in [0.15, 0.2) is 30.5 Å². The van der Waals surface area contributed by atoms with Crippen LogP contribution in [0.1, 0.15) is 5.82 Å². The van der Waals surface area contributed by atoms with Crippen LogP contribution in [-0.2, 0) is 13.1 Å². The summed E-state index contributed by atoms with van der Waals surface area (Å²) in [6.07, 6.45) is 2.12. The largest absolute Gasteiger partial charge is 0.497 e. The van der Waals surface area contributed by atoms with Crippen LogP contribution in [-0.4, -0.2) is 23.2 Å². The van der Waals surface area contributed by atoms with Crippen LogP contribution in [0.5, 0.6) is 5.75 Å². The van der Waals surface area contributed by atoms with E-state index in [1.807, 2.05) is 24.3 Å². The second kappa shape index (κ2) is 4.22. The Balaban J connectivity index is 1.94. The molecule has 0 saturated carbocycles. The number of aromatic nitrogens is 2. The summed E-state index contributed by atoms with van der Waals surface area (Å²) in [7, 11) is 1.68. The summed E-state index contributed by atoms with van der Waals surface area (Å²) in [5, 5.41) is 3.32. The van der Waals surface area contributed by atoms with Crippen molar-refractivity contribution in [1.82, 2.24) is 14.9 Å². The van der Waals surface area contributed by atoms with Gasteiger partial charge in [0.25, 0.3) is 0 Å². The highest BCUT2D eigenvalue weighted by molar-refractivity contribution is 5.59. The maximum Gasteiger partial charge on any atom is 0.123 e. The first-order valence-electron chi connectivity index (χ1n) is 5.78. The molecule has 17 heavy (non-hydrogen) atoms. The van der Waals surface area contributed by atoms with Gasteiger partial charge in [0.1, 0.15) is 11.6 Å². The van der Waals surface area contributed by atoms with Crippen molar-refractivity contribution in [3.05, 3.63) is 36.3 Å². The monoisotopic (exact) mass is 229 g/mol. The standard InChI is InChI=1S/C13H15N3O/c1-17-11-4-2-10(3-5-11)12-9-16-7-6-14-8-13(16)15-12/h2-5,9,14H,6-8H2,1H3. The zero-order chi connectivity index (χ0) is 11.7. The van der Waals surface area contributed by atoms with E-state index in [1.165, 1.54) is 0 Å². The lowest BCUT2D eigenvalue weighted by molar-refractivity contribution is 0.415. The third-order valence-electron chi connectivity index (χ3n) is 3.06. The van der Waals surface area contributed by atoms with Crippen molar-refractivity contribution in [1.29, 1.82) is 0 Å². The van der Waals surface area contributed by atoms with Crippen molar-refractivity contribution in [3.8, 4) is 17.0 Å². The van der Waals surface area contributed by atoms with Crippen LogP contribution < -0.4 is 10.1 Å². The average Bonchev–Trinajstić information content (AvgIpc) is 2.82. The van der Waals surface area contributed by atoms with Crippen molar-refractivity contribution in [2.75, 3.05) is 13.7 Å². The fraction of sp³-hybridized carbons (Fsp3) is 0.308. The van der Waals surface area contributed by atoms with Gasteiger partial charge < -0.3 is 14.6 Å². The second-order valence-corrected chi connectivity index (χ2v) is 4.14. The number of rotatable bonds is 2. The Hall–Kier alpha value is -1.81. The minimum absolute atomic E-state index is 0.857. The lowest BCUT2D eigenvalue weighted by Gasteiger charge is -2.13. The van der Waals surface area contributed by atoms with Gasteiger partial charge in [0.05, 0.1) is 19.3 Å². The molecule has 88 valence electrons. The number of benzene rings is 1. The molecule has 1 aliphatic rings. The molecule has 4 nitrogen and oxygen atoms in total. The van der Waals surface area contributed by atoms with E-state index in [9.17, 15) is 0 Å². The zero-order valence-electron chi connectivity index (χ0n) is 9.81. The van der Waals surface area contributed by atoms with E-state index in [1.54, 1.807) is 7.11 Å². The van der Waals surface area contributed by atoms with Crippen molar-refractivity contribution in [2.24, 2.45) is 0 Å². The SMILES string of the molecule is COc1ccc(-c2cn3c(n2)CNCC3)cc1. The van der Waals surface area contributed by atoms with Crippen LogP contribution in [0.4, 0.5) is 0 Å². The first-order chi connectivity index (χ1) is 8.36. The molecule has 2 aromatic rings. The number of imidazole rings is 1. The molecular weight excluding hydrogens is 214 g/mol. The smallest absolute Gasteiger partial charge is 0.123 e. The molecule has 0 amide bonds. The van der Waals surface area contributed by atoms with Gasteiger partial charge in [0, 0.05) is 24.8 Å². The Morgan fingerprint density at radius 3 is 2.82 bits per heavy atom. The number of nitrogens with one attached hydrogen (secondary N) is 1. The molecular formula is C13H15N3O. The number of hydrogen-bond acceptors (Lipinski definition) is 3. The Labute approximate surface area is 100 Å². The van der Waals surface area contributed by atoms with Crippen molar-refractivity contribution >= 4 is 0 Å². The summed E-state index contributed by atoms with van der Waals surface area (Å²) in [6, 6.07) is 8.01. The summed E-state index contributed by atoms with van der Waals surface area (Å²) in [5.74, 6) is 1.99. The fourth-order valence-corrected chi connectivity index (χ4v) is 2.09. The van der Waals surface area contributed by atoms with Gasteiger partial charge in [0.2, 0.25) is 0 Å². The first-order valence-corrected chi connectivity index (χ1v) is 5.78. The molecule has 2 heterocycles. The molecule has 1 aromatic carbocycles. The number of ether oxygens (including phenoxy) is 1. The van der Waals surface area contributed by atoms with Crippen LogP contribution in [0.25, 0.3) is 11.3 Å². The summed E-state index contributed by atoms with van der Waals surface area (Å²) in [6.45, 7) is 2.88. The Bertz CT molecular complexity index is 492. The number of hydrogen-bond donors (Lipinski definition) is 1. The van der Waals surface area contributed by atoms with E-state index < -0.39 is 0 Å². The Morgan fingerprint density at radius 1 is 1.29 bits per heavy atom. The molecule has 1 N–H and O–H groups in total. The van der Waals surface area contributed by atoms with Crippen molar-refractivity contribution in [3.63, 3.8) is 0 Å². The number of methoxy groups -OCH3 is 1. The highest BCUT2D eigenvalue weighted by atomic mass is 16.5. The molecule has 0 atom stereocenters. The predicted octanol–water partition coefficient (Wildman–Crippen LogP) is 1.66. The summed E-state index contributed by atoms with van der Waals surface area (Å²) < 4.78 is 7.37. The van der Waals surface area contributed by atoms with Crippen LogP contribution in [0, 0.1) is 0 Å². The molecule has 3 rings (SSSR count). The van der Waals surface area contributed by atoms with E-state index in [2.05, 4.69) is 21.1 Å². The van der Waals surface area contributed by atoms with Crippen molar-refractivity contribution < 1.29 is 4.74 Å². The lowest BCUT2D eigenvalue weighted by Crippen LogP contribution is -2.27. The molecule has 0 aliphatic carbocycles. The van der Waals surface area contributed by atoms with E-state index in [0.29, 0.717) is 0 Å². The van der Waals surface area contributed by atoms with Gasteiger partial charge in [-0.3, -0.25) is 0 Å². The van der Waals surface area contributed by atoms with Gasteiger partial charge in [0.15, 0.2) is 0 Å². The average molecular weight is 229 g/mol. The van der Waals surface area contributed by atoms with E-state index in [-0.39, 0.29) is 0 Å². The lowest BCUT2D eigenvalue weighted by atomic mass is 10.2. The minimum atomic E-state index is 0.857. The summed E-state index contributed by atoms with van der Waals surface area (Å²) in [5.41, 5.74) is 2.17. The third-order valence-corrected chi connectivity index (χ3v) is 3.06. The van der Waals surface area contributed by atoms with Crippen LogP contribution in [0.3, 0.4) is 0 Å². The van der Waals surface area contributed by atoms with E-state index >= 15 is 0 Å². The van der Waals surface area contributed by atoms with Gasteiger partial charge in [-0.05, 0) is 24.3 Å². The summed E-state index contributed by atoms with van der Waals surface area (Å²) in [4.78, 5) is 4.64. The van der Waals surface area contributed by atoms with Crippen LogP contribution in [0.2, 0.25) is 0 Å². The molecule has 4 heteroatoms. The predicted molar refractivity (Wildman–Crippen MR) is 65.9 cm³/mol. The van der Waals surface area contributed by atoms with Gasteiger partial charge >= 0.3 is 0 Å². The first kappa shape index (κ1) is 10.4. The molecule has 0 bridgehead atoms. The molecule has 1 aliphatic heterocycles. The third kappa shape index (κ3) is 1.91. The number of nitrogens with zero attached hydrogens (tertiary/aromatic N) is 2. The zero-order valence-corrected chi connectivity index (χ0v) is 9.81. The van der Waals surface area contributed by atoms with Gasteiger partial charge in [-0.1, -0.05) is 0 Å². The molecule has 0 spiro atoms. The van der Waals surface area contributed by atoms with Gasteiger partial charge in [-0.25, -0.2) is 4.98 Å². The van der Waals surface area contributed by atoms with Gasteiger partial charge in [-0.2, -0.15) is 0 Å². The fourth-order valence-electron chi connectivity index (χ4n) is 2.09. The van der Waals surface area contributed by atoms with E-state index in [4.69, 9.17) is 4.74 Å². The van der Waals surface area contributed by atoms with Crippen molar-refractivity contribution in [2.45, 2.75) is 13.1 Å². The summed E-state index contributed by atoms with van der Waals surface area (Å²) >= 11 is 0. The van der Waals surface area contributed by atoms with Crippen LogP contribution >= 0.6 is 0 Å². The molecule has 0 radical (unpaired) electrons. The minimum Gasteiger partial charge on any atom is -0.497 e. The van der Waals surface area contributed by atoms with E-state index in [0.717, 1.165) is 42.5 Å². The molecule has 1 aromatic heterocycles. The second-order valence-electron chi connectivity index (χ2n) is 4.14. The highest BCUT2D eigenvalue weighted by Crippen LogP contribution is 2.22. The highest BCUT2D eigenvalue weighted by Gasteiger charge is 2.12. The number of fused-ring (bicyclic) bond motifs is 1. The Morgan fingerprint density at radius 2 is 2.12 bits per heavy atom. The quantitative estimate of drug-likeness (QED) is 0.851. The van der Waals surface area contributed by atoms with Gasteiger partial charge in [-0.15, -0.1) is 0 Å². The molecule has 0 unspecified atom stereocenters. The topological polar surface area (TPSA) is 39.1 Å². The maximum atomic E-state index is 5.15. The molecule has 0 fully saturated rings.